The smallest absolute Gasteiger partial charge is 0.224 e. The molecule has 2 rings (SSSR count). The largest absolute Gasteiger partial charge is 0.355 e. The highest BCUT2D eigenvalue weighted by molar-refractivity contribution is 5.78. The van der Waals surface area contributed by atoms with E-state index >= 15 is 0 Å². The van der Waals surface area contributed by atoms with Gasteiger partial charge in [0.1, 0.15) is 11.6 Å². The van der Waals surface area contributed by atoms with Gasteiger partial charge in [0.2, 0.25) is 5.91 Å². The molecule has 1 aromatic carbocycles. The van der Waals surface area contributed by atoms with Gasteiger partial charge in [0.25, 0.3) is 0 Å². The molecule has 1 unspecified atom stereocenters. The zero-order chi connectivity index (χ0) is 13.7. The van der Waals surface area contributed by atoms with E-state index in [9.17, 15) is 13.6 Å². The van der Waals surface area contributed by atoms with E-state index in [1.807, 2.05) is 0 Å². The molecule has 1 aromatic rings. The predicted molar refractivity (Wildman–Crippen MR) is 68.7 cm³/mol. The molecule has 1 fully saturated rings. The number of nitrogens with one attached hydrogen (secondary N) is 2. The van der Waals surface area contributed by atoms with Crippen LogP contribution in [0.5, 0.6) is 0 Å². The number of carbonyl (C=O) groups is 1. The van der Waals surface area contributed by atoms with Gasteiger partial charge < -0.3 is 10.6 Å². The number of carbonyl (C=O) groups excluding carboxylic acids is 1. The number of halogens is 2. The summed E-state index contributed by atoms with van der Waals surface area (Å²) >= 11 is 0. The second kappa shape index (κ2) is 6.61. The minimum absolute atomic E-state index is 0.165. The van der Waals surface area contributed by atoms with Crippen LogP contribution in [0.2, 0.25) is 0 Å². The van der Waals surface area contributed by atoms with Crippen molar-refractivity contribution in [1.82, 2.24) is 10.6 Å². The van der Waals surface area contributed by atoms with Gasteiger partial charge in [-0.25, -0.2) is 8.78 Å². The Morgan fingerprint density at radius 3 is 2.74 bits per heavy atom. The lowest BCUT2D eigenvalue weighted by atomic mass is 9.99. The molecule has 3 nitrogen and oxygen atoms in total. The summed E-state index contributed by atoms with van der Waals surface area (Å²) in [6.07, 6.45) is 1.92. The van der Waals surface area contributed by atoms with Crippen LogP contribution >= 0.6 is 0 Å². The zero-order valence-corrected chi connectivity index (χ0v) is 10.7. The van der Waals surface area contributed by atoms with Crippen molar-refractivity contribution in [2.24, 2.45) is 5.92 Å². The minimum atomic E-state index is -0.672. The van der Waals surface area contributed by atoms with Crippen LogP contribution in [0.1, 0.15) is 18.4 Å². The molecule has 0 aromatic heterocycles. The van der Waals surface area contributed by atoms with Crippen LogP contribution in [-0.4, -0.2) is 25.5 Å². The molecule has 1 amide bonds. The molecule has 19 heavy (non-hydrogen) atoms. The van der Waals surface area contributed by atoms with Crippen LogP contribution in [0.4, 0.5) is 8.78 Å². The maximum atomic E-state index is 13.4. The van der Waals surface area contributed by atoms with E-state index in [0.717, 1.165) is 38.1 Å². The average Bonchev–Trinajstić information content (AvgIpc) is 2.42. The monoisotopic (exact) mass is 268 g/mol. The van der Waals surface area contributed by atoms with Gasteiger partial charge in [0.05, 0.1) is 6.42 Å². The molecule has 0 spiro atoms. The molecule has 2 N–H and O–H groups in total. The van der Waals surface area contributed by atoms with Gasteiger partial charge >= 0.3 is 0 Å². The second-order valence-corrected chi connectivity index (χ2v) is 4.89. The van der Waals surface area contributed by atoms with Crippen LogP contribution < -0.4 is 10.6 Å². The van der Waals surface area contributed by atoms with Crippen molar-refractivity contribution in [2.45, 2.75) is 19.3 Å². The van der Waals surface area contributed by atoms with E-state index in [4.69, 9.17) is 0 Å². The molecule has 1 atom stereocenters. The highest BCUT2D eigenvalue weighted by Crippen LogP contribution is 2.13. The Hall–Kier alpha value is -1.49. The Balaban J connectivity index is 1.83. The van der Waals surface area contributed by atoms with Gasteiger partial charge in [-0.05, 0) is 44.0 Å². The van der Waals surface area contributed by atoms with Crippen LogP contribution in [0, 0.1) is 17.6 Å². The third-order valence-electron chi connectivity index (χ3n) is 3.39. The standard InChI is InChI=1S/C14H18F2N2O/c15-12-4-1-5-13(16)11(12)7-14(19)18-9-10-3-2-6-17-8-10/h1,4-5,10,17H,2-3,6-9H2,(H,18,19). The summed E-state index contributed by atoms with van der Waals surface area (Å²) < 4.78 is 26.8. The average molecular weight is 268 g/mol. The lowest BCUT2D eigenvalue weighted by Crippen LogP contribution is -2.38. The fourth-order valence-electron chi connectivity index (χ4n) is 2.28. The number of rotatable bonds is 4. The third-order valence-corrected chi connectivity index (χ3v) is 3.39. The van der Waals surface area contributed by atoms with Gasteiger partial charge in [-0.1, -0.05) is 6.07 Å². The molecule has 1 aliphatic rings. The quantitative estimate of drug-likeness (QED) is 0.871. The van der Waals surface area contributed by atoms with Crippen molar-refractivity contribution in [3.63, 3.8) is 0 Å². The molecule has 0 aliphatic carbocycles. The maximum Gasteiger partial charge on any atom is 0.224 e. The SMILES string of the molecule is O=C(Cc1c(F)cccc1F)NCC1CCCNC1. The van der Waals surface area contributed by atoms with Crippen LogP contribution in [0.3, 0.4) is 0 Å². The highest BCUT2D eigenvalue weighted by Gasteiger charge is 2.16. The van der Waals surface area contributed by atoms with Crippen molar-refractivity contribution in [3.8, 4) is 0 Å². The highest BCUT2D eigenvalue weighted by atomic mass is 19.1. The fourth-order valence-corrected chi connectivity index (χ4v) is 2.28. The van der Waals surface area contributed by atoms with E-state index in [1.165, 1.54) is 6.07 Å². The molecule has 1 aliphatic heterocycles. The summed E-state index contributed by atoms with van der Waals surface area (Å²) in [6.45, 7) is 2.46. The normalized spacial score (nSPS) is 19.2. The molecule has 0 radical (unpaired) electrons. The fraction of sp³-hybridized carbons (Fsp3) is 0.500. The summed E-state index contributed by atoms with van der Waals surface area (Å²) in [5.74, 6) is -1.28. The summed E-state index contributed by atoms with van der Waals surface area (Å²) in [5, 5.41) is 6.00. The van der Waals surface area contributed by atoms with Crippen molar-refractivity contribution in [2.75, 3.05) is 19.6 Å². The number of hydrogen-bond donors (Lipinski definition) is 2. The van der Waals surface area contributed by atoms with E-state index in [0.29, 0.717) is 12.5 Å². The van der Waals surface area contributed by atoms with E-state index in [-0.39, 0.29) is 17.9 Å². The van der Waals surface area contributed by atoms with Crippen LogP contribution in [0.15, 0.2) is 18.2 Å². The lowest BCUT2D eigenvalue weighted by molar-refractivity contribution is -0.120. The Kier molecular flexibility index (Phi) is 4.85. The molecule has 0 bridgehead atoms. The first-order chi connectivity index (χ1) is 9.16. The van der Waals surface area contributed by atoms with Gasteiger partial charge in [0.15, 0.2) is 0 Å². The van der Waals surface area contributed by atoms with Gasteiger partial charge in [-0.3, -0.25) is 4.79 Å². The Morgan fingerprint density at radius 2 is 2.11 bits per heavy atom. The Bertz CT molecular complexity index is 425. The molecule has 104 valence electrons. The molecule has 1 saturated heterocycles. The van der Waals surface area contributed by atoms with Gasteiger partial charge in [-0.2, -0.15) is 0 Å². The van der Waals surface area contributed by atoms with Gasteiger partial charge in [0, 0.05) is 12.1 Å². The van der Waals surface area contributed by atoms with E-state index < -0.39 is 11.6 Å². The first-order valence-corrected chi connectivity index (χ1v) is 6.57. The molecule has 0 saturated carbocycles. The lowest BCUT2D eigenvalue weighted by Gasteiger charge is -2.22. The van der Waals surface area contributed by atoms with Crippen LogP contribution in [-0.2, 0) is 11.2 Å². The first kappa shape index (κ1) is 13.9. The molecular weight excluding hydrogens is 250 g/mol. The topological polar surface area (TPSA) is 41.1 Å². The molecule has 5 heteroatoms. The van der Waals surface area contributed by atoms with Crippen LogP contribution in [0.25, 0.3) is 0 Å². The summed E-state index contributed by atoms with van der Waals surface area (Å²) in [7, 11) is 0. The predicted octanol–water partition coefficient (Wildman–Crippen LogP) is 1.62. The number of piperidine rings is 1. The molecular formula is C14H18F2N2O. The number of hydrogen-bond acceptors (Lipinski definition) is 2. The maximum absolute atomic E-state index is 13.4. The summed E-state index contributed by atoms with van der Waals surface area (Å²) in [6, 6.07) is 3.62. The van der Waals surface area contributed by atoms with Crippen molar-refractivity contribution < 1.29 is 13.6 Å². The van der Waals surface area contributed by atoms with E-state index in [1.54, 1.807) is 0 Å². The Labute approximate surface area is 111 Å². The van der Waals surface area contributed by atoms with E-state index in [2.05, 4.69) is 10.6 Å². The zero-order valence-electron chi connectivity index (χ0n) is 10.7. The Morgan fingerprint density at radius 1 is 1.37 bits per heavy atom. The first-order valence-electron chi connectivity index (χ1n) is 6.57. The molecule has 1 heterocycles. The summed E-state index contributed by atoms with van der Waals surface area (Å²) in [4.78, 5) is 11.7. The third kappa shape index (κ3) is 3.99. The minimum Gasteiger partial charge on any atom is -0.355 e. The van der Waals surface area contributed by atoms with Crippen molar-refractivity contribution in [1.29, 1.82) is 0 Å². The van der Waals surface area contributed by atoms with Crippen molar-refractivity contribution >= 4 is 5.91 Å². The number of amides is 1. The second-order valence-electron chi connectivity index (χ2n) is 4.89. The summed E-state index contributed by atoms with van der Waals surface area (Å²) in [5.41, 5.74) is -0.165. The number of benzene rings is 1. The van der Waals surface area contributed by atoms with Crippen molar-refractivity contribution in [3.05, 3.63) is 35.4 Å². The van der Waals surface area contributed by atoms with Gasteiger partial charge in [-0.15, -0.1) is 0 Å².